The van der Waals surface area contributed by atoms with E-state index in [1.54, 1.807) is 0 Å². The zero-order valence-electron chi connectivity index (χ0n) is 24.1. The van der Waals surface area contributed by atoms with Crippen LogP contribution in [0.4, 0.5) is 24.0 Å². The van der Waals surface area contributed by atoms with Gasteiger partial charge < -0.3 is 71.3 Å². The zero-order chi connectivity index (χ0) is 32.5. The quantitative estimate of drug-likeness (QED) is 0.0537. The normalized spacial score (nSPS) is 10.4. The maximum atomic E-state index is 12.8. The molecule has 0 spiro atoms. The molecule has 0 radical (unpaired) electrons. The SMILES string of the molecule is O=C(NCCNC(=O)N(CCNC(=O)N(CCO)CCO)C(=O)NCCOC(=O)N(CCO)CCO)N(CCO)CCO. The van der Waals surface area contributed by atoms with Gasteiger partial charge in [0.05, 0.1) is 46.2 Å². The van der Waals surface area contributed by atoms with E-state index in [-0.39, 0.29) is 118 Å². The van der Waals surface area contributed by atoms with Crippen molar-refractivity contribution in [1.82, 2.24) is 40.9 Å². The van der Waals surface area contributed by atoms with E-state index in [4.69, 9.17) is 35.4 Å². The van der Waals surface area contributed by atoms with Crippen LogP contribution < -0.4 is 21.3 Å². The summed E-state index contributed by atoms with van der Waals surface area (Å²) in [6, 6.07) is -3.03. The lowest BCUT2D eigenvalue weighted by Gasteiger charge is -2.25. The molecule has 0 aromatic heterocycles. The lowest BCUT2D eigenvalue weighted by atomic mass is 10.4. The molecule has 10 N–H and O–H groups in total. The zero-order valence-corrected chi connectivity index (χ0v) is 24.1. The maximum absolute atomic E-state index is 12.8. The van der Waals surface area contributed by atoms with Crippen LogP contribution in [-0.4, -0.2) is 199 Å². The number of nitrogens with zero attached hydrogens (tertiary/aromatic N) is 4. The van der Waals surface area contributed by atoms with Crippen molar-refractivity contribution in [1.29, 1.82) is 0 Å². The van der Waals surface area contributed by atoms with Crippen LogP contribution in [0, 0.1) is 0 Å². The van der Waals surface area contributed by atoms with Crippen LogP contribution in [0.1, 0.15) is 0 Å². The van der Waals surface area contributed by atoms with E-state index < -0.39 is 30.2 Å². The second kappa shape index (κ2) is 24.9. The highest BCUT2D eigenvalue weighted by molar-refractivity contribution is 5.93. The maximum Gasteiger partial charge on any atom is 0.409 e. The lowest BCUT2D eigenvalue weighted by molar-refractivity contribution is 0.0865. The highest BCUT2D eigenvalue weighted by Gasteiger charge is 2.22. The van der Waals surface area contributed by atoms with Crippen LogP contribution >= 0.6 is 0 Å². The fourth-order valence-electron chi connectivity index (χ4n) is 3.36. The number of aliphatic hydroxyl groups excluding tert-OH is 6. The molecule has 0 aromatic carbocycles. The summed E-state index contributed by atoms with van der Waals surface area (Å²) in [4.78, 5) is 66.1. The Hall–Kier alpha value is -3.69. The van der Waals surface area contributed by atoms with Gasteiger partial charge in [-0.25, -0.2) is 28.9 Å². The minimum Gasteiger partial charge on any atom is -0.448 e. The summed E-state index contributed by atoms with van der Waals surface area (Å²) in [7, 11) is 0. The number of carbonyl (C=O) groups excluding carboxylic acids is 5. The van der Waals surface area contributed by atoms with E-state index in [9.17, 15) is 24.0 Å². The summed E-state index contributed by atoms with van der Waals surface area (Å²) in [6.07, 6.45) is -0.830. The van der Waals surface area contributed by atoms with E-state index in [1.807, 2.05) is 0 Å². The van der Waals surface area contributed by atoms with Crippen LogP contribution in [0.25, 0.3) is 0 Å². The molecule has 0 unspecified atom stereocenters. The second-order valence-electron chi connectivity index (χ2n) is 8.50. The molecule has 0 heterocycles. The smallest absolute Gasteiger partial charge is 0.409 e. The molecule has 0 bridgehead atoms. The van der Waals surface area contributed by atoms with E-state index >= 15 is 0 Å². The first-order valence-corrected chi connectivity index (χ1v) is 13.7. The van der Waals surface area contributed by atoms with Gasteiger partial charge in [0.15, 0.2) is 0 Å². The lowest BCUT2D eigenvalue weighted by Crippen LogP contribution is -2.53. The van der Waals surface area contributed by atoms with Crippen molar-refractivity contribution in [2.24, 2.45) is 0 Å². The molecule has 9 amide bonds. The van der Waals surface area contributed by atoms with E-state index in [0.29, 0.717) is 0 Å². The van der Waals surface area contributed by atoms with E-state index in [1.165, 1.54) is 4.90 Å². The molecule has 0 aliphatic carbocycles. The van der Waals surface area contributed by atoms with Crippen LogP contribution in [0.2, 0.25) is 0 Å². The van der Waals surface area contributed by atoms with Crippen molar-refractivity contribution < 1.29 is 59.3 Å². The van der Waals surface area contributed by atoms with Gasteiger partial charge in [0, 0.05) is 65.4 Å². The average molecular weight is 627 g/mol. The van der Waals surface area contributed by atoms with Crippen LogP contribution in [0.3, 0.4) is 0 Å². The molecule has 0 saturated carbocycles. The van der Waals surface area contributed by atoms with Gasteiger partial charge in [-0.15, -0.1) is 0 Å². The molecule has 20 heteroatoms. The molecule has 250 valence electrons. The molecular formula is C23H46N8O12. The van der Waals surface area contributed by atoms with Gasteiger partial charge in [-0.2, -0.15) is 0 Å². The number of aliphatic hydroxyl groups is 6. The number of nitrogens with one attached hydrogen (secondary N) is 4. The Kier molecular flexibility index (Phi) is 22.7. The van der Waals surface area contributed by atoms with Crippen molar-refractivity contribution in [2.75, 3.05) is 118 Å². The Labute approximate surface area is 249 Å². The summed E-state index contributed by atoms with van der Waals surface area (Å²) >= 11 is 0. The number of hydrogen-bond acceptors (Lipinski definition) is 12. The van der Waals surface area contributed by atoms with Gasteiger partial charge in [-0.1, -0.05) is 0 Å². The average Bonchev–Trinajstić information content (AvgIpc) is 2.98. The van der Waals surface area contributed by atoms with Crippen LogP contribution in [0.15, 0.2) is 0 Å². The third-order valence-corrected chi connectivity index (χ3v) is 5.44. The number of imide groups is 1. The predicted molar refractivity (Wildman–Crippen MR) is 149 cm³/mol. The summed E-state index contributed by atoms with van der Waals surface area (Å²) in [5.74, 6) is 0. The Morgan fingerprint density at radius 3 is 1.21 bits per heavy atom. The first-order valence-electron chi connectivity index (χ1n) is 13.7. The number of urea groups is 4. The van der Waals surface area contributed by atoms with Crippen molar-refractivity contribution in [3.05, 3.63) is 0 Å². The molecular weight excluding hydrogens is 580 g/mol. The topological polar surface area (TPSA) is 277 Å². The minimum atomic E-state index is -0.908. The van der Waals surface area contributed by atoms with Gasteiger partial charge >= 0.3 is 30.2 Å². The summed E-state index contributed by atoms with van der Waals surface area (Å²) in [5.41, 5.74) is 0. The summed E-state index contributed by atoms with van der Waals surface area (Å²) < 4.78 is 4.99. The van der Waals surface area contributed by atoms with E-state index in [0.717, 1.165) is 14.7 Å². The van der Waals surface area contributed by atoms with Gasteiger partial charge in [0.1, 0.15) is 6.61 Å². The van der Waals surface area contributed by atoms with Crippen LogP contribution in [0.5, 0.6) is 0 Å². The molecule has 0 fully saturated rings. The number of rotatable bonds is 21. The Balaban J connectivity index is 5.10. The van der Waals surface area contributed by atoms with Crippen molar-refractivity contribution in [2.45, 2.75) is 0 Å². The van der Waals surface area contributed by atoms with Crippen molar-refractivity contribution in [3.8, 4) is 0 Å². The summed E-state index contributed by atoms with van der Waals surface area (Å²) in [5, 5.41) is 64.1. The fourth-order valence-corrected chi connectivity index (χ4v) is 3.36. The van der Waals surface area contributed by atoms with Gasteiger partial charge in [-0.05, 0) is 0 Å². The highest BCUT2D eigenvalue weighted by atomic mass is 16.6. The van der Waals surface area contributed by atoms with Gasteiger partial charge in [-0.3, -0.25) is 0 Å². The Morgan fingerprint density at radius 2 is 0.791 bits per heavy atom. The third-order valence-electron chi connectivity index (χ3n) is 5.44. The highest BCUT2D eigenvalue weighted by Crippen LogP contribution is 1.96. The minimum absolute atomic E-state index is 0.0112. The molecule has 0 saturated heterocycles. The molecule has 0 rings (SSSR count). The standard InChI is InChI=1S/C23H46N8O12/c32-12-6-28(7-13-33)19(38)24-1-2-25-21(40)31(5-3-26-20(39)29(8-14-34)9-15-35)22(41)27-4-18-43-23(42)30(10-16-36)11-17-37/h32-37H,1-18H2,(H,24,38)(H,25,40)(H,26,39)(H,27,41). The number of carbonyl (C=O) groups is 5. The van der Waals surface area contributed by atoms with E-state index in [2.05, 4.69) is 21.3 Å². The Bertz CT molecular complexity index is 759. The first-order chi connectivity index (χ1) is 20.7. The molecule has 0 aromatic rings. The Morgan fingerprint density at radius 1 is 0.442 bits per heavy atom. The number of ether oxygens (including phenoxy) is 1. The molecule has 0 atom stereocenters. The molecule has 43 heavy (non-hydrogen) atoms. The molecule has 0 aliphatic rings. The molecule has 20 nitrogen and oxygen atoms in total. The number of hydrogen-bond donors (Lipinski definition) is 10. The second-order valence-corrected chi connectivity index (χ2v) is 8.50. The third kappa shape index (κ3) is 17.1. The first kappa shape index (κ1) is 39.3. The molecule has 0 aliphatic heterocycles. The fraction of sp³-hybridized carbons (Fsp3) is 0.783. The van der Waals surface area contributed by atoms with Gasteiger partial charge in [0.2, 0.25) is 0 Å². The summed E-state index contributed by atoms with van der Waals surface area (Å²) in [6.45, 7) is -3.49. The largest absolute Gasteiger partial charge is 0.448 e. The van der Waals surface area contributed by atoms with Crippen molar-refractivity contribution in [3.63, 3.8) is 0 Å². The number of amides is 9. The van der Waals surface area contributed by atoms with Crippen LogP contribution in [-0.2, 0) is 4.74 Å². The predicted octanol–water partition coefficient (Wildman–Crippen LogP) is -4.88. The monoisotopic (exact) mass is 626 g/mol. The van der Waals surface area contributed by atoms with Gasteiger partial charge in [0.25, 0.3) is 0 Å². The van der Waals surface area contributed by atoms with Crippen molar-refractivity contribution >= 4 is 30.2 Å².